The molecule has 35 heavy (non-hydrogen) atoms. The number of imide groups is 1. The van der Waals surface area contributed by atoms with Crippen molar-refractivity contribution in [1.29, 1.82) is 0 Å². The van der Waals surface area contributed by atoms with Crippen LogP contribution in [0.2, 0.25) is 0 Å². The summed E-state index contributed by atoms with van der Waals surface area (Å²) >= 11 is 4.41. The van der Waals surface area contributed by atoms with Crippen LogP contribution in [-0.2, 0) is 16.1 Å². The van der Waals surface area contributed by atoms with Crippen LogP contribution in [0.4, 0.5) is 10.5 Å². The number of amides is 2. The number of carbonyl (C=O) groups excluding carboxylic acids is 2. The topological polar surface area (TPSA) is 54.8 Å². The zero-order chi connectivity index (χ0) is 24.5. The summed E-state index contributed by atoms with van der Waals surface area (Å²) in [7, 11) is 0. The first-order valence-electron chi connectivity index (χ1n) is 11.5. The van der Waals surface area contributed by atoms with Gasteiger partial charge in [-0.2, -0.15) is 0 Å². The minimum Gasteiger partial charge on any atom is -0.378 e. The van der Waals surface area contributed by atoms with Crippen LogP contribution in [0.3, 0.4) is 0 Å². The molecule has 0 bridgehead atoms. The monoisotopic (exact) mass is 551 g/mol. The van der Waals surface area contributed by atoms with E-state index in [1.54, 1.807) is 0 Å². The van der Waals surface area contributed by atoms with Crippen LogP contribution < -0.4 is 4.90 Å². The second-order valence-corrected chi connectivity index (χ2v) is 10.6. The third-order valence-corrected chi connectivity index (χ3v) is 7.80. The van der Waals surface area contributed by atoms with Gasteiger partial charge in [-0.15, -0.1) is 0 Å². The molecule has 3 aromatic rings. The smallest absolute Gasteiger partial charge is 0.293 e. The summed E-state index contributed by atoms with van der Waals surface area (Å²) < 4.78 is 8.60. The molecule has 2 aliphatic rings. The summed E-state index contributed by atoms with van der Waals surface area (Å²) in [6.07, 6.45) is 1.84. The van der Waals surface area contributed by atoms with Gasteiger partial charge in [0.15, 0.2) is 0 Å². The minimum absolute atomic E-state index is 0.239. The van der Waals surface area contributed by atoms with Gasteiger partial charge in [0.25, 0.3) is 11.1 Å². The maximum atomic E-state index is 13.0. The van der Waals surface area contributed by atoms with Crippen molar-refractivity contribution in [3.8, 4) is 5.69 Å². The molecule has 8 heteroatoms. The predicted octanol–water partition coefficient (Wildman–Crippen LogP) is 5.93. The number of aryl methyl sites for hydroxylation is 1. The van der Waals surface area contributed by atoms with E-state index in [0.717, 1.165) is 70.7 Å². The van der Waals surface area contributed by atoms with Crippen LogP contribution in [-0.4, -0.2) is 46.9 Å². The fraction of sp³-hybridized carbons (Fsp3) is 0.259. The molecule has 2 fully saturated rings. The average molecular weight is 552 g/mol. The molecule has 6 nitrogen and oxygen atoms in total. The Bertz CT molecular complexity index is 1290. The van der Waals surface area contributed by atoms with Gasteiger partial charge in [-0.25, -0.2) is 0 Å². The molecule has 0 radical (unpaired) electrons. The molecule has 0 unspecified atom stereocenters. The summed E-state index contributed by atoms with van der Waals surface area (Å²) in [6.45, 7) is 7.69. The first kappa shape index (κ1) is 23.9. The number of ether oxygens (including phenoxy) is 1. The van der Waals surface area contributed by atoms with Gasteiger partial charge in [0, 0.05) is 40.3 Å². The third-order valence-electron chi connectivity index (χ3n) is 6.37. The molecule has 2 saturated heterocycles. The van der Waals surface area contributed by atoms with Gasteiger partial charge in [0.05, 0.1) is 24.7 Å². The highest BCUT2D eigenvalue weighted by atomic mass is 79.9. The van der Waals surface area contributed by atoms with Crippen molar-refractivity contribution in [2.24, 2.45) is 0 Å². The molecule has 180 valence electrons. The molecular formula is C27H26BrN3O3S. The van der Waals surface area contributed by atoms with E-state index >= 15 is 0 Å². The van der Waals surface area contributed by atoms with E-state index in [1.165, 1.54) is 10.6 Å². The van der Waals surface area contributed by atoms with Gasteiger partial charge < -0.3 is 14.2 Å². The average Bonchev–Trinajstić information content (AvgIpc) is 3.30. The van der Waals surface area contributed by atoms with Gasteiger partial charge in [0.1, 0.15) is 0 Å². The number of carbonyl (C=O) groups is 2. The van der Waals surface area contributed by atoms with E-state index < -0.39 is 0 Å². The molecule has 0 aliphatic carbocycles. The predicted molar refractivity (Wildman–Crippen MR) is 144 cm³/mol. The molecule has 0 spiro atoms. The van der Waals surface area contributed by atoms with Gasteiger partial charge in [-0.1, -0.05) is 28.1 Å². The first-order valence-corrected chi connectivity index (χ1v) is 13.1. The van der Waals surface area contributed by atoms with Crippen molar-refractivity contribution in [2.45, 2.75) is 20.4 Å². The van der Waals surface area contributed by atoms with Crippen LogP contribution in [0.5, 0.6) is 0 Å². The third kappa shape index (κ3) is 4.96. The van der Waals surface area contributed by atoms with Crippen LogP contribution in [0.25, 0.3) is 11.8 Å². The van der Waals surface area contributed by atoms with Crippen LogP contribution in [0, 0.1) is 13.8 Å². The highest BCUT2D eigenvalue weighted by molar-refractivity contribution is 9.10. The fourth-order valence-corrected chi connectivity index (χ4v) is 5.61. The number of morpholine rings is 1. The highest BCUT2D eigenvalue weighted by Gasteiger charge is 2.35. The zero-order valence-corrected chi connectivity index (χ0v) is 22.1. The van der Waals surface area contributed by atoms with Crippen molar-refractivity contribution in [3.05, 3.63) is 86.5 Å². The number of rotatable bonds is 5. The van der Waals surface area contributed by atoms with E-state index in [9.17, 15) is 9.59 Å². The molecule has 2 amide bonds. The Morgan fingerprint density at radius 3 is 2.31 bits per heavy atom. The van der Waals surface area contributed by atoms with Crippen molar-refractivity contribution < 1.29 is 14.3 Å². The van der Waals surface area contributed by atoms with Crippen LogP contribution in [0.15, 0.2) is 64.0 Å². The molecule has 2 aliphatic heterocycles. The molecule has 0 saturated carbocycles. The lowest BCUT2D eigenvalue weighted by molar-refractivity contribution is -0.123. The number of nitrogens with zero attached hydrogens (tertiary/aromatic N) is 3. The number of hydrogen-bond acceptors (Lipinski definition) is 5. The van der Waals surface area contributed by atoms with Gasteiger partial charge >= 0.3 is 0 Å². The van der Waals surface area contributed by atoms with E-state index in [1.807, 2.05) is 37.3 Å². The summed E-state index contributed by atoms with van der Waals surface area (Å²) in [5, 5.41) is -0.239. The SMILES string of the molecule is Cc1cc(/C=C2\SC(=O)N(Cc3ccc(Br)cc3)C2=O)c(C)n1-c1ccc(N2CCOCC2)cc1. The first-order chi connectivity index (χ1) is 16.9. The number of halogens is 1. The quantitative estimate of drug-likeness (QED) is 0.368. The molecule has 1 aromatic heterocycles. The Morgan fingerprint density at radius 2 is 1.63 bits per heavy atom. The van der Waals surface area contributed by atoms with Crippen LogP contribution in [0.1, 0.15) is 22.5 Å². The molecule has 3 heterocycles. The van der Waals surface area contributed by atoms with Crippen molar-refractivity contribution in [3.63, 3.8) is 0 Å². The largest absolute Gasteiger partial charge is 0.378 e. The van der Waals surface area contributed by atoms with E-state index in [0.29, 0.717) is 4.91 Å². The Morgan fingerprint density at radius 1 is 0.971 bits per heavy atom. The number of anilines is 1. The molecule has 0 atom stereocenters. The van der Waals surface area contributed by atoms with E-state index in [-0.39, 0.29) is 17.7 Å². The molecule has 0 N–H and O–H groups in total. The summed E-state index contributed by atoms with van der Waals surface area (Å²) in [5.41, 5.74) is 6.21. The Kier molecular flexibility index (Phi) is 6.86. The Hall–Kier alpha value is -2.81. The second-order valence-electron chi connectivity index (χ2n) is 8.67. The molecular weight excluding hydrogens is 526 g/mol. The maximum Gasteiger partial charge on any atom is 0.293 e. The van der Waals surface area contributed by atoms with Gasteiger partial charge in [-0.05, 0) is 85.3 Å². The lowest BCUT2D eigenvalue weighted by atomic mass is 10.2. The Balaban J connectivity index is 1.36. The second kappa shape index (κ2) is 10.0. The summed E-state index contributed by atoms with van der Waals surface area (Å²) in [5.74, 6) is -0.248. The van der Waals surface area contributed by atoms with Crippen molar-refractivity contribution in [1.82, 2.24) is 9.47 Å². The summed E-state index contributed by atoms with van der Waals surface area (Å²) in [6, 6.07) is 18.2. The number of aromatic nitrogens is 1. The zero-order valence-electron chi connectivity index (χ0n) is 19.7. The molecule has 5 rings (SSSR count). The minimum atomic E-state index is -0.248. The van der Waals surface area contributed by atoms with Crippen molar-refractivity contribution >= 4 is 50.6 Å². The highest BCUT2D eigenvalue weighted by Crippen LogP contribution is 2.35. The van der Waals surface area contributed by atoms with Crippen molar-refractivity contribution in [2.75, 3.05) is 31.2 Å². The number of hydrogen-bond donors (Lipinski definition) is 0. The molecule has 2 aromatic carbocycles. The number of thioether (sulfide) groups is 1. The van der Waals surface area contributed by atoms with Gasteiger partial charge in [0.2, 0.25) is 0 Å². The van der Waals surface area contributed by atoms with E-state index in [4.69, 9.17) is 4.74 Å². The standard InChI is InChI=1S/C27H26BrN3O3S/c1-18-15-21(16-25-26(32)30(27(33)35-25)17-20-3-5-22(28)6-4-20)19(2)31(18)24-9-7-23(8-10-24)29-11-13-34-14-12-29/h3-10,15-16H,11-14,17H2,1-2H3/b25-16-. The van der Waals surface area contributed by atoms with Gasteiger partial charge in [-0.3, -0.25) is 14.5 Å². The Labute approximate surface area is 217 Å². The lowest BCUT2D eigenvalue weighted by Crippen LogP contribution is -2.36. The lowest BCUT2D eigenvalue weighted by Gasteiger charge is -2.29. The van der Waals surface area contributed by atoms with Crippen LogP contribution >= 0.6 is 27.7 Å². The number of benzene rings is 2. The van der Waals surface area contributed by atoms with E-state index in [2.05, 4.69) is 62.7 Å². The normalized spacial score (nSPS) is 17.6. The summed E-state index contributed by atoms with van der Waals surface area (Å²) in [4.78, 5) is 29.7. The fourth-order valence-electron chi connectivity index (χ4n) is 4.52. The maximum absolute atomic E-state index is 13.0.